The van der Waals surface area contributed by atoms with Gasteiger partial charge in [0, 0.05) is 43.0 Å². The van der Waals surface area contributed by atoms with E-state index < -0.39 is 0 Å². The van der Waals surface area contributed by atoms with Gasteiger partial charge in [0.25, 0.3) is 5.69 Å². The summed E-state index contributed by atoms with van der Waals surface area (Å²) in [7, 11) is 1.68. The molecule has 162 valence electrons. The molecule has 6 nitrogen and oxygen atoms in total. The molecular weight excluding hydrogens is 404 g/mol. The Morgan fingerprint density at radius 1 is 1.09 bits per heavy atom. The van der Waals surface area contributed by atoms with Gasteiger partial charge in [0.15, 0.2) is 11.5 Å². The lowest BCUT2D eigenvalue weighted by molar-refractivity contribution is -0.363. The summed E-state index contributed by atoms with van der Waals surface area (Å²) in [6.45, 7) is 3.34. The highest BCUT2D eigenvalue weighted by atomic mass is 16.5. The first kappa shape index (κ1) is 20.4. The van der Waals surface area contributed by atoms with Crippen LogP contribution >= 0.6 is 0 Å². The minimum absolute atomic E-state index is 0.151. The molecule has 2 N–H and O–H groups in total. The summed E-state index contributed by atoms with van der Waals surface area (Å²) in [6.07, 6.45) is 7.47. The second-order valence-corrected chi connectivity index (χ2v) is 8.19. The van der Waals surface area contributed by atoms with Crippen LogP contribution in [0.4, 0.5) is 11.4 Å². The van der Waals surface area contributed by atoms with E-state index in [-0.39, 0.29) is 17.7 Å². The molecule has 2 aromatic carbocycles. The van der Waals surface area contributed by atoms with Gasteiger partial charge in [-0.25, -0.2) is 4.99 Å². The summed E-state index contributed by atoms with van der Waals surface area (Å²) >= 11 is 0. The van der Waals surface area contributed by atoms with E-state index in [1.54, 1.807) is 31.4 Å². The van der Waals surface area contributed by atoms with Crippen LogP contribution in [0.5, 0.6) is 5.75 Å². The first-order valence-electron chi connectivity index (χ1n) is 10.9. The molecule has 0 fully saturated rings. The Morgan fingerprint density at radius 2 is 1.84 bits per heavy atom. The molecule has 2 aliphatic carbocycles. The van der Waals surface area contributed by atoms with Crippen LogP contribution in [0.2, 0.25) is 0 Å². The smallest absolute Gasteiger partial charge is 0.258 e. The molecule has 6 heteroatoms. The lowest BCUT2D eigenvalue weighted by Crippen LogP contribution is -2.73. The van der Waals surface area contributed by atoms with E-state index in [0.29, 0.717) is 52.5 Å². The Balaban J connectivity index is 1.65. The first-order chi connectivity index (χ1) is 15.6. The molecule has 3 aliphatic rings. The molecule has 1 atom stereocenters. The van der Waals surface area contributed by atoms with Gasteiger partial charge in [0.05, 0.1) is 11.3 Å². The number of unbranched alkanes of at least 4 members (excludes halogenated alkanes) is 1. The third-order valence-electron chi connectivity index (χ3n) is 6.11. The van der Waals surface area contributed by atoms with Gasteiger partial charge in [-0.15, -0.1) is 0 Å². The standard InChI is InChI=1S/C26H24N2O4/c1-15-8-7-11-19-23(15)28-24-20(32-19)14-18(27-12-5-6-13-31-2)21-22(24)26(30)17-10-4-3-9-16(17)25(21)29/h3-4,7-11,14,19,27H,5-6,12-13H2,1-2H3/p+1. The number of rotatable bonds is 6. The van der Waals surface area contributed by atoms with Crippen LogP contribution in [0.15, 0.2) is 54.1 Å². The molecule has 1 heterocycles. The van der Waals surface area contributed by atoms with E-state index in [0.717, 1.165) is 24.1 Å². The third kappa shape index (κ3) is 3.28. The largest absolute Gasteiger partial charge is 0.468 e. The molecule has 0 radical (unpaired) electrons. The number of fused-ring (bicyclic) bond motifs is 5. The zero-order valence-corrected chi connectivity index (χ0v) is 18.2. The number of allylic oxidation sites excluding steroid dienone is 2. The van der Waals surface area contributed by atoms with Crippen molar-refractivity contribution in [3.05, 3.63) is 76.4 Å². The number of carbonyl (C=O) groups excluding carboxylic acids is 2. The van der Waals surface area contributed by atoms with Gasteiger partial charge in [-0.1, -0.05) is 36.4 Å². The molecule has 0 aromatic heterocycles. The van der Waals surface area contributed by atoms with Crippen molar-refractivity contribution in [1.29, 1.82) is 0 Å². The second-order valence-electron chi connectivity index (χ2n) is 8.19. The summed E-state index contributed by atoms with van der Waals surface area (Å²) in [5, 5.41) is 3.37. The normalized spacial score (nSPS) is 18.0. The van der Waals surface area contributed by atoms with Crippen molar-refractivity contribution in [2.24, 2.45) is 0 Å². The highest BCUT2D eigenvalue weighted by Gasteiger charge is 2.41. The van der Waals surface area contributed by atoms with E-state index in [9.17, 15) is 9.59 Å². The van der Waals surface area contributed by atoms with E-state index >= 15 is 0 Å². The number of ether oxygens (including phenoxy) is 2. The van der Waals surface area contributed by atoms with Crippen molar-refractivity contribution >= 4 is 28.7 Å². The topological polar surface area (TPSA) is 78.6 Å². The summed E-state index contributed by atoms with van der Waals surface area (Å²) in [4.78, 5) is 30.6. The monoisotopic (exact) mass is 429 g/mol. The number of carbonyl (C=O) groups is 2. The van der Waals surface area contributed by atoms with Crippen LogP contribution in [-0.4, -0.2) is 43.6 Å². The van der Waals surface area contributed by atoms with Crippen LogP contribution in [0, 0.1) is 0 Å². The van der Waals surface area contributed by atoms with Crippen LogP contribution in [-0.2, 0) is 4.74 Å². The van der Waals surface area contributed by atoms with Crippen molar-refractivity contribution < 1.29 is 24.1 Å². The maximum atomic E-state index is 13.6. The summed E-state index contributed by atoms with van der Waals surface area (Å²) < 4.78 is 11.4. The van der Waals surface area contributed by atoms with Gasteiger partial charge in [-0.3, -0.25) is 9.59 Å². The van der Waals surface area contributed by atoms with Gasteiger partial charge < -0.3 is 14.8 Å². The average Bonchev–Trinajstić information content (AvgIpc) is 2.81. The minimum Gasteiger partial charge on any atom is -0.468 e. The fourth-order valence-electron chi connectivity index (χ4n) is 4.47. The number of methoxy groups -OCH3 is 1. The SMILES string of the molecule is COCCCCNc1cc2c(c3c1C(=O)c1ccccc1C3=O)[NH+]=C1C(C)=CC=CC1O2. The Kier molecular flexibility index (Phi) is 5.23. The number of hydrogen-bond donors (Lipinski definition) is 2. The fraction of sp³-hybridized carbons (Fsp3) is 0.269. The molecule has 1 unspecified atom stereocenters. The van der Waals surface area contributed by atoms with Gasteiger partial charge >= 0.3 is 0 Å². The molecule has 5 rings (SSSR count). The first-order valence-corrected chi connectivity index (χ1v) is 10.9. The van der Waals surface area contributed by atoms with Crippen molar-refractivity contribution in [1.82, 2.24) is 0 Å². The maximum absolute atomic E-state index is 13.6. The molecule has 0 bridgehead atoms. The number of benzene rings is 2. The van der Waals surface area contributed by atoms with Gasteiger partial charge in [0.1, 0.15) is 5.56 Å². The molecule has 0 amide bonds. The molecule has 0 spiro atoms. The molecule has 0 saturated heterocycles. The Bertz CT molecular complexity index is 1220. The van der Waals surface area contributed by atoms with Crippen molar-refractivity contribution in [3.63, 3.8) is 0 Å². The zero-order valence-electron chi connectivity index (χ0n) is 18.2. The van der Waals surface area contributed by atoms with Crippen molar-refractivity contribution in [2.75, 3.05) is 25.6 Å². The Morgan fingerprint density at radius 3 is 2.59 bits per heavy atom. The Labute approximate surface area is 186 Å². The zero-order chi connectivity index (χ0) is 22.2. The maximum Gasteiger partial charge on any atom is 0.258 e. The predicted molar refractivity (Wildman–Crippen MR) is 122 cm³/mol. The predicted octanol–water partition coefficient (Wildman–Crippen LogP) is 2.73. The number of nitrogens with one attached hydrogen (secondary N) is 2. The minimum atomic E-state index is -0.248. The quantitative estimate of drug-likeness (QED) is 0.589. The van der Waals surface area contributed by atoms with Gasteiger partial charge in [-0.2, -0.15) is 0 Å². The molecule has 32 heavy (non-hydrogen) atoms. The summed E-state index contributed by atoms with van der Waals surface area (Å²) in [6, 6.07) is 8.84. The van der Waals surface area contributed by atoms with Gasteiger partial charge in [-0.05, 0) is 25.8 Å². The molecule has 2 aromatic rings. The van der Waals surface area contributed by atoms with Crippen molar-refractivity contribution in [3.8, 4) is 5.75 Å². The van der Waals surface area contributed by atoms with Crippen LogP contribution in [0.3, 0.4) is 0 Å². The fourth-order valence-corrected chi connectivity index (χ4v) is 4.47. The van der Waals surface area contributed by atoms with E-state index in [1.807, 2.05) is 31.2 Å². The van der Waals surface area contributed by atoms with E-state index in [1.165, 1.54) is 0 Å². The van der Waals surface area contributed by atoms with Crippen LogP contribution < -0.4 is 15.0 Å². The summed E-state index contributed by atoms with van der Waals surface area (Å²) in [5.41, 5.74) is 4.75. The Hall–Kier alpha value is -3.51. The van der Waals surface area contributed by atoms with Gasteiger partial charge in [0.2, 0.25) is 17.6 Å². The van der Waals surface area contributed by atoms with Crippen LogP contribution in [0.1, 0.15) is 51.6 Å². The molecular formula is C26H25N2O4+. The number of hydrogen-bond acceptors (Lipinski definition) is 5. The third-order valence-corrected chi connectivity index (χ3v) is 6.11. The highest BCUT2D eigenvalue weighted by Crippen LogP contribution is 2.41. The molecule has 0 saturated carbocycles. The average molecular weight is 429 g/mol. The lowest BCUT2D eigenvalue weighted by atomic mass is 9.81. The van der Waals surface area contributed by atoms with E-state index in [2.05, 4.69) is 10.3 Å². The molecule has 1 aliphatic heterocycles. The van der Waals surface area contributed by atoms with E-state index in [4.69, 9.17) is 9.47 Å². The number of anilines is 1. The van der Waals surface area contributed by atoms with Crippen molar-refractivity contribution in [2.45, 2.75) is 25.9 Å². The number of ketones is 2. The lowest BCUT2D eigenvalue weighted by Gasteiger charge is -2.26. The summed E-state index contributed by atoms with van der Waals surface area (Å²) in [5.74, 6) is 0.247. The highest BCUT2D eigenvalue weighted by molar-refractivity contribution is 6.32. The van der Waals surface area contributed by atoms with Crippen LogP contribution in [0.25, 0.3) is 0 Å². The second kappa shape index (κ2) is 8.20.